The average Bonchev–Trinajstić information content (AvgIpc) is 3.73. The van der Waals surface area contributed by atoms with Crippen LogP contribution >= 0.6 is 11.6 Å². The van der Waals surface area contributed by atoms with Crippen molar-refractivity contribution in [1.29, 1.82) is 0 Å². The topological polar surface area (TPSA) is 113 Å². The van der Waals surface area contributed by atoms with Crippen molar-refractivity contribution in [2.24, 2.45) is 20.0 Å². The van der Waals surface area contributed by atoms with E-state index in [0.717, 1.165) is 43.1 Å². The summed E-state index contributed by atoms with van der Waals surface area (Å²) >= 11 is 6.75. The van der Waals surface area contributed by atoms with Crippen LogP contribution in [0.1, 0.15) is 0 Å². The summed E-state index contributed by atoms with van der Waals surface area (Å²) in [6.07, 6.45) is 0. The fraction of sp³-hybridized carbons (Fsp3) is 0. The lowest BCUT2D eigenvalue weighted by atomic mass is 10.2. The Labute approximate surface area is 235 Å². The highest BCUT2D eigenvalue weighted by molar-refractivity contribution is 6.37. The minimum absolute atomic E-state index is 0.592. The van der Waals surface area contributed by atoms with E-state index in [1.165, 1.54) is 0 Å². The van der Waals surface area contributed by atoms with Crippen LogP contribution < -0.4 is 22.0 Å². The first-order valence-electron chi connectivity index (χ1n) is 13.2. The van der Waals surface area contributed by atoms with Gasteiger partial charge in [0.05, 0.1) is 5.02 Å². The van der Waals surface area contributed by atoms with Crippen molar-refractivity contribution >= 4 is 78.0 Å². The van der Waals surface area contributed by atoms with Gasteiger partial charge >= 0.3 is 0 Å². The summed E-state index contributed by atoms with van der Waals surface area (Å²) < 4.78 is 0. The smallest absolute Gasteiger partial charge is 0.143 e. The van der Waals surface area contributed by atoms with Crippen LogP contribution in [0.15, 0.2) is 111 Å². The first kappa shape index (κ1) is 22.4. The second-order valence-electron chi connectivity index (χ2n) is 10.0. The molecule has 0 amide bonds. The zero-order valence-corrected chi connectivity index (χ0v) is 22.1. The molecule has 4 N–H and O–H groups in total. The number of halogens is 1. The largest absolute Gasteiger partial charge is 0.324 e. The predicted molar refractivity (Wildman–Crippen MR) is 161 cm³/mol. The molecule has 0 radical (unpaired) electrons. The number of nitrogens with one attached hydrogen (secondary N) is 4. The van der Waals surface area contributed by atoms with E-state index in [9.17, 15) is 0 Å². The molecular formula is C32H19ClN8. The van der Waals surface area contributed by atoms with E-state index in [1.807, 2.05) is 78.9 Å². The molecule has 9 heteroatoms. The summed E-state index contributed by atoms with van der Waals surface area (Å²) in [5.41, 5.74) is 2.77. The van der Waals surface area contributed by atoms with E-state index in [1.54, 1.807) is 0 Å². The van der Waals surface area contributed by atoms with E-state index >= 15 is 0 Å². The van der Waals surface area contributed by atoms with Crippen LogP contribution in [-0.4, -0.2) is 19.9 Å². The normalized spacial score (nSPS) is 12.8. The standard InChI is InChI=1S/C32H19ClN8/c33-23-15-7-14-22-24(23)32-40-30-21-13-6-5-12-20(21)28(38-30)36-26-17-9-2-1-8-16(17)25(34-26)35-27-18-10-3-4-11-19(18)29(37-27)39-31(22)41-32/h1-15H,(H4,34,35,36,37,38,39,40,41). The maximum Gasteiger partial charge on any atom is 0.143 e. The molecule has 5 heterocycles. The number of H-pyrrole nitrogens is 4. The van der Waals surface area contributed by atoms with Crippen molar-refractivity contribution in [2.45, 2.75) is 0 Å². The molecule has 8 aromatic rings. The Balaban J connectivity index is 1.52. The van der Waals surface area contributed by atoms with Gasteiger partial charge in [-0.2, -0.15) is 0 Å². The van der Waals surface area contributed by atoms with Crippen LogP contribution in [0, 0.1) is 0 Å². The van der Waals surface area contributed by atoms with Gasteiger partial charge in [0.1, 0.15) is 45.2 Å². The summed E-state index contributed by atoms with van der Waals surface area (Å²) in [6.45, 7) is 0. The lowest BCUT2D eigenvalue weighted by Gasteiger charge is -1.95. The number of aromatic nitrogens is 4. The van der Waals surface area contributed by atoms with Crippen LogP contribution in [0.2, 0.25) is 5.02 Å². The monoisotopic (exact) mass is 550 g/mol. The van der Waals surface area contributed by atoms with Gasteiger partial charge in [-0.3, -0.25) is 0 Å². The number of rotatable bonds is 0. The molecular weight excluding hydrogens is 532 g/mol. The maximum absolute atomic E-state index is 6.75. The molecule has 0 spiro atoms. The molecule has 0 unspecified atom stereocenters. The third kappa shape index (κ3) is 3.28. The first-order chi connectivity index (χ1) is 20.2. The highest BCUT2D eigenvalue weighted by atomic mass is 35.5. The predicted octanol–water partition coefficient (Wildman–Crippen LogP) is 6.38. The van der Waals surface area contributed by atoms with Crippen molar-refractivity contribution in [2.75, 3.05) is 0 Å². The Kier molecular flexibility index (Phi) is 4.51. The molecule has 9 rings (SSSR count). The second kappa shape index (κ2) is 8.27. The molecule has 8 nitrogen and oxygen atoms in total. The van der Waals surface area contributed by atoms with Crippen molar-refractivity contribution < 1.29 is 0 Å². The van der Waals surface area contributed by atoms with Gasteiger partial charge in [0.25, 0.3) is 0 Å². The van der Waals surface area contributed by atoms with Crippen molar-refractivity contribution in [1.82, 2.24) is 19.9 Å². The second-order valence-corrected chi connectivity index (χ2v) is 10.4. The van der Waals surface area contributed by atoms with Gasteiger partial charge in [-0.25, -0.2) is 20.0 Å². The van der Waals surface area contributed by atoms with Crippen LogP contribution in [0.25, 0.3) is 43.1 Å². The third-order valence-electron chi connectivity index (χ3n) is 7.66. The Hall–Kier alpha value is -5.47. The van der Waals surface area contributed by atoms with E-state index in [2.05, 4.69) is 32.1 Å². The maximum atomic E-state index is 6.75. The summed E-state index contributed by atoms with van der Waals surface area (Å²) in [4.78, 5) is 34.1. The number of fused-ring (bicyclic) bond motifs is 20. The Bertz CT molecular complexity index is 2610. The Morgan fingerprint density at radius 3 is 1.22 bits per heavy atom. The molecule has 1 aliphatic rings. The molecule has 4 aromatic carbocycles. The van der Waals surface area contributed by atoms with Gasteiger partial charge in [-0.05, 0) is 6.07 Å². The zero-order valence-electron chi connectivity index (χ0n) is 21.3. The average molecular weight is 551 g/mol. The third-order valence-corrected chi connectivity index (χ3v) is 7.97. The van der Waals surface area contributed by atoms with Gasteiger partial charge in [-0.15, -0.1) is 0 Å². The fourth-order valence-electron chi connectivity index (χ4n) is 5.78. The summed E-state index contributed by atoms with van der Waals surface area (Å²) in [5.74, 6) is 2.69. The minimum Gasteiger partial charge on any atom is -0.324 e. The molecule has 0 aliphatic carbocycles. The summed E-state index contributed by atoms with van der Waals surface area (Å²) in [7, 11) is 0. The SMILES string of the molecule is Clc1cccc2c3[nH]c(c12)N=c1[nH]c(c2ccccc12)=Nc1[nH]c(c2ccccc12)N=c1[nH]c(c2ccccc12)=N3. The molecule has 194 valence electrons. The minimum atomic E-state index is 0.592. The fourth-order valence-corrected chi connectivity index (χ4v) is 6.05. The van der Waals surface area contributed by atoms with Crippen molar-refractivity contribution in [3.05, 3.63) is 118 Å². The molecule has 41 heavy (non-hydrogen) atoms. The van der Waals surface area contributed by atoms with E-state index in [-0.39, 0.29) is 0 Å². The molecule has 4 aromatic heterocycles. The zero-order chi connectivity index (χ0) is 27.1. The van der Waals surface area contributed by atoms with E-state index in [0.29, 0.717) is 50.2 Å². The van der Waals surface area contributed by atoms with Crippen molar-refractivity contribution in [3.63, 3.8) is 0 Å². The number of nitrogens with zero attached hydrogens (tertiary/aromatic N) is 4. The highest BCUT2D eigenvalue weighted by Gasteiger charge is 2.16. The van der Waals surface area contributed by atoms with Crippen LogP contribution in [0.5, 0.6) is 0 Å². The lowest BCUT2D eigenvalue weighted by molar-refractivity contribution is 1.08. The number of hydrogen-bond acceptors (Lipinski definition) is 4. The lowest BCUT2D eigenvalue weighted by Crippen LogP contribution is -2.10. The molecule has 0 atom stereocenters. The Morgan fingerprint density at radius 1 is 0.366 bits per heavy atom. The van der Waals surface area contributed by atoms with E-state index < -0.39 is 0 Å². The quantitative estimate of drug-likeness (QED) is 0.168. The highest BCUT2D eigenvalue weighted by Crippen LogP contribution is 2.38. The number of benzene rings is 4. The van der Waals surface area contributed by atoms with Crippen LogP contribution in [0.4, 0.5) is 23.3 Å². The molecule has 0 saturated heterocycles. The number of aromatic amines is 4. The van der Waals surface area contributed by atoms with E-state index in [4.69, 9.17) is 31.6 Å². The van der Waals surface area contributed by atoms with Crippen LogP contribution in [0.3, 0.4) is 0 Å². The van der Waals surface area contributed by atoms with Gasteiger partial charge in [0.2, 0.25) is 0 Å². The van der Waals surface area contributed by atoms with Gasteiger partial charge in [0, 0.05) is 43.1 Å². The molecule has 8 bridgehead atoms. The van der Waals surface area contributed by atoms with Crippen molar-refractivity contribution in [3.8, 4) is 0 Å². The number of hydrogen-bond donors (Lipinski definition) is 4. The summed E-state index contributed by atoms with van der Waals surface area (Å²) in [6, 6.07) is 30.1. The van der Waals surface area contributed by atoms with Crippen LogP contribution in [-0.2, 0) is 0 Å². The first-order valence-corrected chi connectivity index (χ1v) is 13.6. The molecule has 0 fully saturated rings. The molecule has 1 aliphatic heterocycles. The van der Waals surface area contributed by atoms with Gasteiger partial charge in [0.15, 0.2) is 0 Å². The summed E-state index contributed by atoms with van der Waals surface area (Å²) in [5, 5.41) is 8.04. The van der Waals surface area contributed by atoms with Gasteiger partial charge in [-0.1, -0.05) is 96.5 Å². The van der Waals surface area contributed by atoms with Gasteiger partial charge < -0.3 is 19.9 Å². The molecule has 0 saturated carbocycles. The Morgan fingerprint density at radius 2 is 0.732 bits per heavy atom.